The number of ether oxygens (including phenoxy) is 1. The van der Waals surface area contributed by atoms with Crippen molar-refractivity contribution in [1.29, 1.82) is 0 Å². The second-order valence-electron chi connectivity index (χ2n) is 10.1. The van der Waals surface area contributed by atoms with Gasteiger partial charge in [-0.3, -0.25) is 0 Å². The molecule has 0 bridgehead atoms. The van der Waals surface area contributed by atoms with E-state index in [0.29, 0.717) is 49.1 Å². The number of para-hydroxylation sites is 1. The third-order valence-electron chi connectivity index (χ3n) is 7.56. The van der Waals surface area contributed by atoms with Gasteiger partial charge in [0.1, 0.15) is 16.2 Å². The van der Waals surface area contributed by atoms with Crippen molar-refractivity contribution in [2.24, 2.45) is 5.92 Å². The topological polar surface area (TPSA) is 103 Å². The van der Waals surface area contributed by atoms with Gasteiger partial charge in [-0.1, -0.05) is 31.2 Å². The number of sulfonamides is 1. The summed E-state index contributed by atoms with van der Waals surface area (Å²) in [6, 6.07) is 12.3. The third-order valence-corrected chi connectivity index (χ3v) is 9.49. The molecule has 10 heteroatoms. The first-order valence-corrected chi connectivity index (χ1v) is 14.6. The van der Waals surface area contributed by atoms with E-state index in [9.17, 15) is 12.8 Å². The zero-order chi connectivity index (χ0) is 26.9. The molecule has 0 spiro atoms. The molecule has 0 aliphatic carbocycles. The number of imidazole rings is 1. The second kappa shape index (κ2) is 11.0. The maximum atomic E-state index is 14.3. The van der Waals surface area contributed by atoms with Crippen molar-refractivity contribution in [2.45, 2.75) is 50.5 Å². The largest absolute Gasteiger partial charge is 0.382 e. The van der Waals surface area contributed by atoms with E-state index in [1.54, 1.807) is 13.0 Å². The highest BCUT2D eigenvalue weighted by Gasteiger charge is 2.31. The summed E-state index contributed by atoms with van der Waals surface area (Å²) in [4.78, 5) is 8.78. The quantitative estimate of drug-likeness (QED) is 0.298. The smallest absolute Gasteiger partial charge is 0.245 e. The van der Waals surface area contributed by atoms with Crippen LogP contribution in [0.4, 0.5) is 10.2 Å². The second-order valence-corrected chi connectivity index (χ2v) is 12.0. The minimum absolute atomic E-state index is 0.0987. The molecule has 1 fully saturated rings. The highest BCUT2D eigenvalue weighted by Crippen LogP contribution is 2.31. The molecule has 8 nitrogen and oxygen atoms in total. The summed E-state index contributed by atoms with van der Waals surface area (Å²) >= 11 is 0. The Balaban J connectivity index is 1.16. The van der Waals surface area contributed by atoms with Gasteiger partial charge in [0, 0.05) is 25.1 Å². The molecule has 202 valence electrons. The van der Waals surface area contributed by atoms with Crippen LogP contribution in [-0.2, 0) is 14.8 Å². The average molecular weight is 540 g/mol. The molecule has 2 aromatic heterocycles. The van der Waals surface area contributed by atoms with Gasteiger partial charge in [-0.15, -0.1) is 0 Å². The number of halogens is 1. The van der Waals surface area contributed by atoms with Crippen molar-refractivity contribution in [3.8, 4) is 0 Å². The van der Waals surface area contributed by atoms with Gasteiger partial charge in [0.15, 0.2) is 5.82 Å². The molecular formula is C28H34FN5O3S. The number of benzene rings is 2. The van der Waals surface area contributed by atoms with Crippen molar-refractivity contribution in [3.63, 3.8) is 0 Å². The number of piperidine rings is 1. The van der Waals surface area contributed by atoms with Crippen molar-refractivity contribution >= 4 is 37.8 Å². The summed E-state index contributed by atoms with van der Waals surface area (Å²) in [5.74, 6) is 0.101. The fraction of sp³-hybridized carbons (Fsp3) is 0.429. The lowest BCUT2D eigenvalue weighted by Crippen LogP contribution is -2.39. The van der Waals surface area contributed by atoms with E-state index in [4.69, 9.17) is 10.5 Å². The predicted molar refractivity (Wildman–Crippen MR) is 147 cm³/mol. The Morgan fingerprint density at radius 2 is 1.95 bits per heavy atom. The predicted octanol–water partition coefficient (Wildman–Crippen LogP) is 5.07. The van der Waals surface area contributed by atoms with Crippen molar-refractivity contribution in [1.82, 2.24) is 18.8 Å². The molecule has 1 atom stereocenters. The molecule has 4 aromatic rings. The summed E-state index contributed by atoms with van der Waals surface area (Å²) in [5.41, 5.74) is 9.40. The number of aromatic nitrogens is 3. The summed E-state index contributed by atoms with van der Waals surface area (Å²) in [7, 11) is -3.83. The number of nitrogen functional groups attached to an aromatic ring is 1. The number of nitrogens with zero attached hydrogens (tertiary/aromatic N) is 4. The minimum atomic E-state index is -3.83. The Hall–Kier alpha value is -3.08. The van der Waals surface area contributed by atoms with Crippen molar-refractivity contribution < 1.29 is 17.5 Å². The first-order valence-electron chi connectivity index (χ1n) is 13.1. The zero-order valence-electron chi connectivity index (χ0n) is 21.8. The number of aryl methyl sites for hydroxylation is 1. The van der Waals surface area contributed by atoms with Crippen molar-refractivity contribution in [2.75, 3.05) is 32.0 Å². The van der Waals surface area contributed by atoms with Gasteiger partial charge in [0.2, 0.25) is 10.0 Å². The molecule has 1 unspecified atom stereocenters. The lowest BCUT2D eigenvalue weighted by atomic mass is 9.95. The van der Waals surface area contributed by atoms with Gasteiger partial charge < -0.3 is 15.0 Å². The van der Waals surface area contributed by atoms with E-state index in [2.05, 4.69) is 21.5 Å². The third kappa shape index (κ3) is 5.12. The van der Waals surface area contributed by atoms with Gasteiger partial charge in [-0.2, -0.15) is 4.31 Å². The van der Waals surface area contributed by atoms with E-state index in [1.165, 1.54) is 16.4 Å². The average Bonchev–Trinajstić information content (AvgIpc) is 3.35. The van der Waals surface area contributed by atoms with Crippen LogP contribution in [-0.4, -0.2) is 53.6 Å². The van der Waals surface area contributed by atoms with Gasteiger partial charge in [0.25, 0.3) is 0 Å². The molecule has 3 heterocycles. The van der Waals surface area contributed by atoms with Crippen LogP contribution >= 0.6 is 0 Å². The summed E-state index contributed by atoms with van der Waals surface area (Å²) in [6.45, 7) is 5.78. The fourth-order valence-corrected chi connectivity index (χ4v) is 6.82. The number of nitrogens with two attached hydrogens (primary N) is 1. The summed E-state index contributed by atoms with van der Waals surface area (Å²) < 4.78 is 49.9. The van der Waals surface area contributed by atoms with E-state index >= 15 is 0 Å². The van der Waals surface area contributed by atoms with E-state index in [0.717, 1.165) is 42.1 Å². The van der Waals surface area contributed by atoms with Gasteiger partial charge in [-0.25, -0.2) is 22.8 Å². The van der Waals surface area contributed by atoms with Gasteiger partial charge >= 0.3 is 0 Å². The van der Waals surface area contributed by atoms with Crippen LogP contribution in [0.3, 0.4) is 0 Å². The van der Waals surface area contributed by atoms with Crippen LogP contribution in [0.1, 0.15) is 44.2 Å². The van der Waals surface area contributed by atoms with Crippen LogP contribution in [0.2, 0.25) is 0 Å². The molecule has 1 aliphatic heterocycles. The Labute approximate surface area is 222 Å². The lowest BCUT2D eigenvalue weighted by Gasteiger charge is -2.31. The molecule has 1 aliphatic rings. The van der Waals surface area contributed by atoms with Crippen LogP contribution in [0.15, 0.2) is 53.7 Å². The molecular weight excluding hydrogens is 505 g/mol. The maximum Gasteiger partial charge on any atom is 0.245 e. The standard InChI is InChI=1S/C28H34FN5O3S/c1-3-21(34-18-31-26-27(34)22-6-4-5-7-24(22)32-28(26)30)17-37-15-12-20-10-13-33(14-11-20)38(35,36)25-9-8-19(2)16-23(25)29/h4-9,16,18,20-21H,3,10-15,17H2,1-2H3,(H2,30,32). The molecule has 5 rings (SSSR count). The van der Waals surface area contributed by atoms with Crippen LogP contribution < -0.4 is 5.73 Å². The summed E-state index contributed by atoms with van der Waals surface area (Å²) in [5, 5.41) is 1.01. The Morgan fingerprint density at radius 3 is 2.68 bits per heavy atom. The highest BCUT2D eigenvalue weighted by atomic mass is 32.2. The van der Waals surface area contributed by atoms with Crippen LogP contribution in [0.25, 0.3) is 21.9 Å². The normalized spacial score (nSPS) is 16.4. The van der Waals surface area contributed by atoms with Gasteiger partial charge in [-0.05, 0) is 62.3 Å². The fourth-order valence-electron chi connectivity index (χ4n) is 5.30. The first kappa shape index (κ1) is 26.5. The molecule has 2 aromatic carbocycles. The molecule has 2 N–H and O–H groups in total. The van der Waals surface area contributed by atoms with E-state index in [-0.39, 0.29) is 10.9 Å². The SMILES string of the molecule is CCC(COCCC1CCN(S(=O)(=O)c2ccc(C)cc2F)CC1)n1cnc2c(N)nc3ccccc3c21. The highest BCUT2D eigenvalue weighted by molar-refractivity contribution is 7.89. The maximum absolute atomic E-state index is 14.3. The Kier molecular flexibility index (Phi) is 7.65. The van der Waals surface area contributed by atoms with Crippen LogP contribution in [0, 0.1) is 18.7 Å². The molecule has 0 radical (unpaired) electrons. The number of anilines is 1. The van der Waals surface area contributed by atoms with E-state index in [1.807, 2.05) is 30.6 Å². The molecule has 0 saturated carbocycles. The number of pyridine rings is 1. The summed E-state index contributed by atoms with van der Waals surface area (Å²) in [6.07, 6.45) is 5.01. The van der Waals surface area contributed by atoms with Crippen molar-refractivity contribution in [3.05, 3.63) is 60.2 Å². The Morgan fingerprint density at radius 1 is 1.18 bits per heavy atom. The number of rotatable bonds is 9. The Bertz CT molecular complexity index is 1550. The number of fused-ring (bicyclic) bond motifs is 3. The number of hydrogen-bond donors (Lipinski definition) is 1. The minimum Gasteiger partial charge on any atom is -0.382 e. The van der Waals surface area contributed by atoms with Crippen LogP contribution in [0.5, 0.6) is 0 Å². The van der Waals surface area contributed by atoms with E-state index < -0.39 is 15.8 Å². The zero-order valence-corrected chi connectivity index (χ0v) is 22.6. The monoisotopic (exact) mass is 539 g/mol. The lowest BCUT2D eigenvalue weighted by molar-refractivity contribution is 0.0847. The molecule has 38 heavy (non-hydrogen) atoms. The number of hydrogen-bond acceptors (Lipinski definition) is 6. The molecule has 1 saturated heterocycles. The first-order chi connectivity index (χ1) is 18.3. The molecule has 0 amide bonds. The van der Waals surface area contributed by atoms with Gasteiger partial charge in [0.05, 0.1) is 30.0 Å².